The van der Waals surface area contributed by atoms with Crippen LogP contribution in [-0.4, -0.2) is 22.6 Å². The summed E-state index contributed by atoms with van der Waals surface area (Å²) in [5, 5.41) is 6.89. The summed E-state index contributed by atoms with van der Waals surface area (Å²) in [5.41, 5.74) is 1.13. The van der Waals surface area contributed by atoms with E-state index >= 15 is 0 Å². The van der Waals surface area contributed by atoms with Gasteiger partial charge in [0.2, 0.25) is 0 Å². The lowest BCUT2D eigenvalue weighted by atomic mass is 10.1. The van der Waals surface area contributed by atoms with Crippen molar-refractivity contribution in [2.24, 2.45) is 5.92 Å². The van der Waals surface area contributed by atoms with Gasteiger partial charge in [0, 0.05) is 24.6 Å². The Morgan fingerprint density at radius 1 is 1.21 bits per heavy atom. The summed E-state index contributed by atoms with van der Waals surface area (Å²) in [4.78, 5) is 9.20. The quantitative estimate of drug-likeness (QED) is 0.791. The van der Waals surface area contributed by atoms with Gasteiger partial charge in [0.05, 0.1) is 0 Å². The van der Waals surface area contributed by atoms with Crippen LogP contribution in [0.25, 0.3) is 0 Å². The number of rotatable bonds is 7. The zero-order chi connectivity index (χ0) is 13.8. The lowest BCUT2D eigenvalue weighted by Gasteiger charge is -2.18. The van der Waals surface area contributed by atoms with E-state index in [4.69, 9.17) is 0 Å². The van der Waals surface area contributed by atoms with Crippen LogP contribution in [-0.2, 0) is 6.42 Å². The Balaban J connectivity index is 2.14. The molecule has 19 heavy (non-hydrogen) atoms. The van der Waals surface area contributed by atoms with E-state index in [1.165, 1.54) is 19.3 Å². The standard InChI is InChI=1S/C15H26N4/c1-5-13-18-14(16-6-2)11(4)15(19-13)17-10(3)9-12-7-8-12/h10,12H,5-9H2,1-4H3,(H2,16,17,18,19). The first kappa shape index (κ1) is 14.1. The van der Waals surface area contributed by atoms with Crippen molar-refractivity contribution in [1.82, 2.24) is 9.97 Å². The summed E-state index contributed by atoms with van der Waals surface area (Å²) in [6, 6.07) is 0.486. The minimum Gasteiger partial charge on any atom is -0.370 e. The van der Waals surface area contributed by atoms with Gasteiger partial charge in [-0.15, -0.1) is 0 Å². The normalized spacial score (nSPS) is 16.2. The highest BCUT2D eigenvalue weighted by Crippen LogP contribution is 2.34. The van der Waals surface area contributed by atoms with E-state index in [2.05, 4.69) is 48.3 Å². The number of hydrogen-bond acceptors (Lipinski definition) is 4. The average Bonchev–Trinajstić information content (AvgIpc) is 3.18. The van der Waals surface area contributed by atoms with Gasteiger partial charge < -0.3 is 10.6 Å². The molecule has 1 aliphatic rings. The highest BCUT2D eigenvalue weighted by molar-refractivity contribution is 5.57. The van der Waals surface area contributed by atoms with Gasteiger partial charge in [-0.1, -0.05) is 19.8 Å². The molecular weight excluding hydrogens is 236 g/mol. The molecule has 1 heterocycles. The van der Waals surface area contributed by atoms with E-state index in [0.717, 1.165) is 41.9 Å². The third-order valence-electron chi connectivity index (χ3n) is 3.62. The summed E-state index contributed by atoms with van der Waals surface area (Å²) in [5.74, 6) is 3.80. The molecule has 106 valence electrons. The topological polar surface area (TPSA) is 49.8 Å². The number of hydrogen-bond donors (Lipinski definition) is 2. The Bertz CT molecular complexity index is 426. The van der Waals surface area contributed by atoms with E-state index in [1.807, 2.05) is 0 Å². The highest BCUT2D eigenvalue weighted by atomic mass is 15.1. The molecule has 0 saturated heterocycles. The second kappa shape index (κ2) is 6.22. The maximum absolute atomic E-state index is 4.64. The van der Waals surface area contributed by atoms with Crippen molar-refractivity contribution in [3.63, 3.8) is 0 Å². The molecule has 0 aromatic carbocycles. The Morgan fingerprint density at radius 2 is 1.89 bits per heavy atom. The minimum atomic E-state index is 0.486. The first-order chi connectivity index (χ1) is 9.13. The molecule has 1 atom stereocenters. The average molecular weight is 262 g/mol. The minimum absolute atomic E-state index is 0.486. The van der Waals surface area contributed by atoms with E-state index < -0.39 is 0 Å². The Labute approximate surface area is 116 Å². The van der Waals surface area contributed by atoms with Crippen molar-refractivity contribution in [1.29, 1.82) is 0 Å². The molecule has 2 N–H and O–H groups in total. The van der Waals surface area contributed by atoms with Crippen molar-refractivity contribution >= 4 is 11.6 Å². The molecule has 1 aliphatic carbocycles. The number of nitrogens with zero attached hydrogens (tertiary/aromatic N) is 2. The van der Waals surface area contributed by atoms with Crippen LogP contribution in [0.2, 0.25) is 0 Å². The van der Waals surface area contributed by atoms with Gasteiger partial charge in [-0.05, 0) is 33.1 Å². The molecule has 1 unspecified atom stereocenters. The molecule has 4 heteroatoms. The van der Waals surface area contributed by atoms with Crippen molar-refractivity contribution in [2.75, 3.05) is 17.2 Å². The molecule has 0 aliphatic heterocycles. The summed E-state index contributed by atoms with van der Waals surface area (Å²) in [7, 11) is 0. The molecule has 0 spiro atoms. The van der Waals surface area contributed by atoms with Gasteiger partial charge in [-0.25, -0.2) is 9.97 Å². The van der Waals surface area contributed by atoms with E-state index in [9.17, 15) is 0 Å². The van der Waals surface area contributed by atoms with Crippen molar-refractivity contribution in [3.05, 3.63) is 11.4 Å². The van der Waals surface area contributed by atoms with Gasteiger partial charge in [0.1, 0.15) is 17.5 Å². The summed E-state index contributed by atoms with van der Waals surface area (Å²) in [6.45, 7) is 9.41. The third kappa shape index (κ3) is 3.82. The zero-order valence-electron chi connectivity index (χ0n) is 12.6. The van der Waals surface area contributed by atoms with Crippen molar-refractivity contribution in [2.45, 2.75) is 59.4 Å². The smallest absolute Gasteiger partial charge is 0.134 e. The molecule has 1 aromatic heterocycles. The first-order valence-electron chi connectivity index (χ1n) is 7.51. The van der Waals surface area contributed by atoms with Crippen LogP contribution in [0.3, 0.4) is 0 Å². The number of nitrogens with one attached hydrogen (secondary N) is 2. The van der Waals surface area contributed by atoms with Crippen LogP contribution in [0.15, 0.2) is 0 Å². The van der Waals surface area contributed by atoms with Crippen molar-refractivity contribution < 1.29 is 0 Å². The lowest BCUT2D eigenvalue weighted by Crippen LogP contribution is -2.19. The Morgan fingerprint density at radius 3 is 2.47 bits per heavy atom. The second-order valence-corrected chi connectivity index (χ2v) is 5.57. The highest BCUT2D eigenvalue weighted by Gasteiger charge is 2.24. The van der Waals surface area contributed by atoms with Crippen LogP contribution in [0.4, 0.5) is 11.6 Å². The SMILES string of the molecule is CCNc1nc(CC)nc(NC(C)CC2CC2)c1C. The molecular formula is C15H26N4. The predicted octanol–water partition coefficient (Wildman–Crippen LogP) is 3.38. The molecule has 4 nitrogen and oxygen atoms in total. The van der Waals surface area contributed by atoms with Crippen LogP contribution in [0.1, 0.15) is 51.4 Å². The fraction of sp³-hybridized carbons (Fsp3) is 0.733. The largest absolute Gasteiger partial charge is 0.370 e. The second-order valence-electron chi connectivity index (χ2n) is 5.57. The molecule has 0 radical (unpaired) electrons. The summed E-state index contributed by atoms with van der Waals surface area (Å²) >= 11 is 0. The molecule has 1 fully saturated rings. The number of aryl methyl sites for hydroxylation is 1. The number of aromatic nitrogens is 2. The number of anilines is 2. The first-order valence-corrected chi connectivity index (χ1v) is 7.51. The van der Waals surface area contributed by atoms with Gasteiger partial charge >= 0.3 is 0 Å². The van der Waals surface area contributed by atoms with Crippen molar-refractivity contribution in [3.8, 4) is 0 Å². The zero-order valence-corrected chi connectivity index (χ0v) is 12.6. The molecule has 0 bridgehead atoms. The Kier molecular flexibility index (Phi) is 4.61. The molecule has 1 aromatic rings. The molecule has 2 rings (SSSR count). The summed E-state index contributed by atoms with van der Waals surface area (Å²) < 4.78 is 0. The Hall–Kier alpha value is -1.32. The van der Waals surface area contributed by atoms with E-state index in [0.29, 0.717) is 6.04 Å². The molecule has 0 amide bonds. The molecule has 1 saturated carbocycles. The van der Waals surface area contributed by atoms with Crippen LogP contribution in [0, 0.1) is 12.8 Å². The van der Waals surface area contributed by atoms with Gasteiger partial charge in [-0.2, -0.15) is 0 Å². The predicted molar refractivity (Wildman–Crippen MR) is 80.7 cm³/mol. The third-order valence-corrected chi connectivity index (χ3v) is 3.62. The van der Waals surface area contributed by atoms with E-state index in [-0.39, 0.29) is 0 Å². The van der Waals surface area contributed by atoms with Gasteiger partial charge in [0.25, 0.3) is 0 Å². The van der Waals surface area contributed by atoms with Crippen LogP contribution < -0.4 is 10.6 Å². The fourth-order valence-electron chi connectivity index (χ4n) is 2.35. The van der Waals surface area contributed by atoms with Crippen LogP contribution >= 0.6 is 0 Å². The van der Waals surface area contributed by atoms with Gasteiger partial charge in [0.15, 0.2) is 0 Å². The van der Waals surface area contributed by atoms with Gasteiger partial charge in [-0.3, -0.25) is 0 Å². The lowest BCUT2D eigenvalue weighted by molar-refractivity contribution is 0.638. The maximum Gasteiger partial charge on any atom is 0.134 e. The monoisotopic (exact) mass is 262 g/mol. The van der Waals surface area contributed by atoms with E-state index in [1.54, 1.807) is 0 Å². The summed E-state index contributed by atoms with van der Waals surface area (Å²) in [6.07, 6.45) is 4.92. The van der Waals surface area contributed by atoms with Crippen LogP contribution in [0.5, 0.6) is 0 Å². The fourth-order valence-corrected chi connectivity index (χ4v) is 2.35. The maximum atomic E-state index is 4.64.